The first-order chi connectivity index (χ1) is 8.61. The van der Waals surface area contributed by atoms with Crippen LogP contribution in [0.1, 0.15) is 16.8 Å². The van der Waals surface area contributed by atoms with E-state index in [-0.39, 0.29) is 30.1 Å². The molecule has 1 fully saturated rings. The fourth-order valence-corrected chi connectivity index (χ4v) is 1.95. The molecule has 18 heavy (non-hydrogen) atoms. The SMILES string of the molecule is O=Cc1cc(F)c(N2CCNC(=O)CC2)c(F)c1. The van der Waals surface area contributed by atoms with Gasteiger partial charge in [0, 0.05) is 31.6 Å². The smallest absolute Gasteiger partial charge is 0.221 e. The second-order valence-corrected chi connectivity index (χ2v) is 4.04. The van der Waals surface area contributed by atoms with Gasteiger partial charge in [0.25, 0.3) is 0 Å². The standard InChI is InChI=1S/C12H12F2N2O2/c13-9-5-8(7-17)6-10(14)12(9)16-3-1-11(18)15-2-4-16/h5-7H,1-4H2,(H,15,18). The summed E-state index contributed by atoms with van der Waals surface area (Å²) in [6, 6.07) is 1.98. The molecular weight excluding hydrogens is 242 g/mol. The first-order valence-corrected chi connectivity index (χ1v) is 5.57. The van der Waals surface area contributed by atoms with Crippen LogP contribution in [0.3, 0.4) is 0 Å². The van der Waals surface area contributed by atoms with Gasteiger partial charge in [0.2, 0.25) is 5.91 Å². The molecule has 0 atom stereocenters. The Hall–Kier alpha value is -1.98. The summed E-state index contributed by atoms with van der Waals surface area (Å²) < 4.78 is 27.5. The van der Waals surface area contributed by atoms with Crippen molar-refractivity contribution in [1.29, 1.82) is 0 Å². The Morgan fingerprint density at radius 1 is 1.22 bits per heavy atom. The molecule has 0 unspecified atom stereocenters. The quantitative estimate of drug-likeness (QED) is 0.804. The molecule has 1 N–H and O–H groups in total. The van der Waals surface area contributed by atoms with E-state index in [2.05, 4.69) is 5.32 Å². The molecule has 1 aromatic rings. The molecule has 0 bridgehead atoms. The van der Waals surface area contributed by atoms with E-state index in [1.165, 1.54) is 4.90 Å². The zero-order valence-electron chi connectivity index (χ0n) is 9.58. The highest BCUT2D eigenvalue weighted by Gasteiger charge is 2.20. The molecule has 6 heteroatoms. The fraction of sp³-hybridized carbons (Fsp3) is 0.333. The van der Waals surface area contributed by atoms with Crippen molar-refractivity contribution >= 4 is 17.9 Å². The number of carbonyl (C=O) groups is 2. The topological polar surface area (TPSA) is 49.4 Å². The van der Waals surface area contributed by atoms with E-state index in [4.69, 9.17) is 0 Å². The molecule has 96 valence electrons. The number of anilines is 1. The van der Waals surface area contributed by atoms with Gasteiger partial charge in [-0.15, -0.1) is 0 Å². The van der Waals surface area contributed by atoms with Crippen LogP contribution in [-0.2, 0) is 4.79 Å². The van der Waals surface area contributed by atoms with E-state index in [1.54, 1.807) is 0 Å². The molecule has 0 saturated carbocycles. The summed E-state index contributed by atoms with van der Waals surface area (Å²) in [4.78, 5) is 23.1. The van der Waals surface area contributed by atoms with Crippen molar-refractivity contribution < 1.29 is 18.4 Å². The van der Waals surface area contributed by atoms with E-state index < -0.39 is 11.6 Å². The summed E-state index contributed by atoms with van der Waals surface area (Å²) >= 11 is 0. The number of nitrogens with zero attached hydrogens (tertiary/aromatic N) is 1. The Balaban J connectivity index is 2.32. The van der Waals surface area contributed by atoms with Crippen LogP contribution in [0.4, 0.5) is 14.5 Å². The summed E-state index contributed by atoms with van der Waals surface area (Å²) in [6.45, 7) is 0.924. The Morgan fingerprint density at radius 3 is 2.50 bits per heavy atom. The minimum Gasteiger partial charge on any atom is -0.365 e. The van der Waals surface area contributed by atoms with E-state index in [0.29, 0.717) is 19.4 Å². The summed E-state index contributed by atoms with van der Waals surface area (Å²) in [7, 11) is 0. The van der Waals surface area contributed by atoms with Gasteiger partial charge >= 0.3 is 0 Å². The summed E-state index contributed by atoms with van der Waals surface area (Å²) in [5, 5.41) is 2.62. The minimum atomic E-state index is -0.786. The van der Waals surface area contributed by atoms with Crippen LogP contribution in [0, 0.1) is 11.6 Å². The lowest BCUT2D eigenvalue weighted by Gasteiger charge is -2.23. The molecular formula is C12H12F2N2O2. The van der Waals surface area contributed by atoms with Crippen LogP contribution in [0.25, 0.3) is 0 Å². The van der Waals surface area contributed by atoms with E-state index in [9.17, 15) is 18.4 Å². The highest BCUT2D eigenvalue weighted by Crippen LogP contribution is 2.25. The van der Waals surface area contributed by atoms with Gasteiger partial charge in [-0.05, 0) is 12.1 Å². The average molecular weight is 254 g/mol. The maximum absolute atomic E-state index is 13.8. The second kappa shape index (κ2) is 5.12. The third-order valence-corrected chi connectivity index (χ3v) is 2.80. The molecule has 0 spiro atoms. The molecule has 0 aliphatic carbocycles. The van der Waals surface area contributed by atoms with Gasteiger partial charge in [0.05, 0.1) is 0 Å². The highest BCUT2D eigenvalue weighted by atomic mass is 19.1. The van der Waals surface area contributed by atoms with Gasteiger partial charge < -0.3 is 10.2 Å². The van der Waals surface area contributed by atoms with Crippen molar-refractivity contribution in [3.05, 3.63) is 29.3 Å². The number of carbonyl (C=O) groups excluding carboxylic acids is 2. The summed E-state index contributed by atoms with van der Waals surface area (Å²) in [5.74, 6) is -1.71. The van der Waals surface area contributed by atoms with Crippen LogP contribution < -0.4 is 10.2 Å². The molecule has 1 amide bonds. The molecule has 1 heterocycles. The number of hydrogen-bond acceptors (Lipinski definition) is 3. The second-order valence-electron chi connectivity index (χ2n) is 4.04. The minimum absolute atomic E-state index is 0.0437. The van der Waals surface area contributed by atoms with Gasteiger partial charge in [-0.1, -0.05) is 0 Å². The van der Waals surface area contributed by atoms with Crippen LogP contribution in [0.5, 0.6) is 0 Å². The van der Waals surface area contributed by atoms with Crippen molar-refractivity contribution in [2.75, 3.05) is 24.5 Å². The van der Waals surface area contributed by atoms with Crippen molar-refractivity contribution in [1.82, 2.24) is 5.32 Å². The zero-order chi connectivity index (χ0) is 13.1. The molecule has 1 aliphatic rings. The van der Waals surface area contributed by atoms with Gasteiger partial charge in [-0.2, -0.15) is 0 Å². The lowest BCUT2D eigenvalue weighted by Crippen LogP contribution is -2.29. The normalized spacial score (nSPS) is 16.1. The third-order valence-electron chi connectivity index (χ3n) is 2.80. The lowest BCUT2D eigenvalue weighted by molar-refractivity contribution is -0.120. The largest absolute Gasteiger partial charge is 0.365 e. The molecule has 0 aromatic heterocycles. The Kier molecular flexibility index (Phi) is 3.55. The Bertz CT molecular complexity index is 468. The van der Waals surface area contributed by atoms with Gasteiger partial charge in [-0.3, -0.25) is 9.59 Å². The number of rotatable bonds is 2. The zero-order valence-corrected chi connectivity index (χ0v) is 9.58. The van der Waals surface area contributed by atoms with Gasteiger partial charge in [0.15, 0.2) is 0 Å². The first kappa shape index (κ1) is 12.5. The third kappa shape index (κ3) is 2.47. The molecule has 1 aromatic carbocycles. The maximum atomic E-state index is 13.8. The summed E-state index contributed by atoms with van der Waals surface area (Å²) in [5.41, 5.74) is -0.227. The summed E-state index contributed by atoms with van der Waals surface area (Å²) in [6.07, 6.45) is 0.581. The van der Waals surface area contributed by atoms with E-state index >= 15 is 0 Å². The monoisotopic (exact) mass is 254 g/mol. The Labute approximate surface area is 103 Å². The lowest BCUT2D eigenvalue weighted by atomic mass is 10.2. The predicted octanol–water partition coefficient (Wildman–Crippen LogP) is 1.10. The molecule has 4 nitrogen and oxygen atoms in total. The average Bonchev–Trinajstić information content (AvgIpc) is 2.53. The molecule has 0 radical (unpaired) electrons. The molecule has 1 saturated heterocycles. The van der Waals surface area contributed by atoms with Crippen LogP contribution in [0.2, 0.25) is 0 Å². The van der Waals surface area contributed by atoms with Crippen molar-refractivity contribution in [3.63, 3.8) is 0 Å². The van der Waals surface area contributed by atoms with Crippen LogP contribution in [0.15, 0.2) is 12.1 Å². The first-order valence-electron chi connectivity index (χ1n) is 5.57. The van der Waals surface area contributed by atoms with Gasteiger partial charge in [-0.25, -0.2) is 8.78 Å². The highest BCUT2D eigenvalue weighted by molar-refractivity contribution is 5.78. The van der Waals surface area contributed by atoms with Crippen LogP contribution >= 0.6 is 0 Å². The molecule has 2 rings (SSSR count). The van der Waals surface area contributed by atoms with Crippen molar-refractivity contribution in [2.45, 2.75) is 6.42 Å². The van der Waals surface area contributed by atoms with E-state index in [1.807, 2.05) is 0 Å². The number of nitrogens with one attached hydrogen (secondary N) is 1. The molecule has 1 aliphatic heterocycles. The number of benzene rings is 1. The van der Waals surface area contributed by atoms with Gasteiger partial charge in [0.1, 0.15) is 23.6 Å². The predicted molar refractivity (Wildman–Crippen MR) is 61.6 cm³/mol. The number of amides is 1. The Morgan fingerprint density at radius 2 is 1.89 bits per heavy atom. The van der Waals surface area contributed by atoms with Crippen molar-refractivity contribution in [2.24, 2.45) is 0 Å². The number of halogens is 2. The fourth-order valence-electron chi connectivity index (χ4n) is 1.95. The van der Waals surface area contributed by atoms with Crippen molar-refractivity contribution in [3.8, 4) is 0 Å². The van der Waals surface area contributed by atoms with E-state index in [0.717, 1.165) is 12.1 Å². The van der Waals surface area contributed by atoms with Crippen LogP contribution in [-0.4, -0.2) is 31.8 Å². The maximum Gasteiger partial charge on any atom is 0.221 e. The number of aldehydes is 1. The number of hydrogen-bond donors (Lipinski definition) is 1.